The number of hydrogen-bond acceptors (Lipinski definition) is 6. The van der Waals surface area contributed by atoms with Crippen LogP contribution in [0.5, 0.6) is 0 Å². The molecule has 0 radical (unpaired) electrons. The lowest BCUT2D eigenvalue weighted by Gasteiger charge is -2.07. The minimum atomic E-state index is 0.586. The molecule has 0 spiro atoms. The number of nitrogen functional groups attached to an aromatic ring is 1. The molecule has 3 rings (SSSR count). The van der Waals surface area contributed by atoms with E-state index in [2.05, 4.69) is 38.1 Å². The minimum absolute atomic E-state index is 0.586. The lowest BCUT2D eigenvalue weighted by molar-refractivity contribution is 0.770. The molecule has 0 unspecified atom stereocenters. The molecule has 104 valence electrons. The average molecular weight is 288 g/mol. The third kappa shape index (κ3) is 2.09. The highest BCUT2D eigenvalue weighted by Crippen LogP contribution is 2.29. The van der Waals surface area contributed by atoms with Crippen molar-refractivity contribution in [2.45, 2.75) is 20.4 Å². The minimum Gasteiger partial charge on any atom is -0.375 e. The number of thiazole rings is 1. The number of aromatic nitrogens is 4. The molecule has 0 aliphatic rings. The van der Waals surface area contributed by atoms with Gasteiger partial charge in [0, 0.05) is 18.7 Å². The van der Waals surface area contributed by atoms with Gasteiger partial charge in [0.2, 0.25) is 5.95 Å². The number of hydrogen-bond donors (Lipinski definition) is 2. The first kappa shape index (κ1) is 12.9. The van der Waals surface area contributed by atoms with E-state index < -0.39 is 0 Å². The van der Waals surface area contributed by atoms with Crippen LogP contribution in [0.4, 0.5) is 11.1 Å². The molecule has 0 saturated heterocycles. The molecule has 0 saturated carbocycles. The van der Waals surface area contributed by atoms with E-state index in [-0.39, 0.29) is 0 Å². The van der Waals surface area contributed by atoms with E-state index in [0.29, 0.717) is 5.13 Å². The molecule has 2 aromatic heterocycles. The van der Waals surface area contributed by atoms with Gasteiger partial charge < -0.3 is 11.1 Å². The molecule has 2 heterocycles. The molecule has 0 atom stereocenters. The standard InChI is InChI=1S/C13H16N6S/c1-3-15-13-18-17-11(19(13)4-2)8-5-6-9-10(7-8)20-12(14)16-9/h5-7H,3-4H2,1-2H3,(H2,14,16)(H,15,18). The van der Waals surface area contributed by atoms with Gasteiger partial charge >= 0.3 is 0 Å². The van der Waals surface area contributed by atoms with Crippen LogP contribution in [0.25, 0.3) is 21.6 Å². The monoisotopic (exact) mass is 288 g/mol. The molecule has 0 amide bonds. The maximum atomic E-state index is 5.74. The van der Waals surface area contributed by atoms with Crippen molar-refractivity contribution in [3.8, 4) is 11.4 Å². The number of nitrogens with one attached hydrogen (secondary N) is 1. The van der Waals surface area contributed by atoms with Gasteiger partial charge in [-0.2, -0.15) is 0 Å². The maximum absolute atomic E-state index is 5.74. The van der Waals surface area contributed by atoms with Gasteiger partial charge in [-0.05, 0) is 32.0 Å². The molecule has 1 aromatic carbocycles. The average Bonchev–Trinajstić information content (AvgIpc) is 3.00. The van der Waals surface area contributed by atoms with Crippen molar-refractivity contribution in [2.24, 2.45) is 0 Å². The molecule has 3 aromatic rings. The number of nitrogens with two attached hydrogens (primary N) is 1. The first-order valence-electron chi connectivity index (χ1n) is 6.56. The summed E-state index contributed by atoms with van der Waals surface area (Å²) < 4.78 is 3.13. The Morgan fingerprint density at radius 1 is 1.30 bits per heavy atom. The van der Waals surface area contributed by atoms with Crippen LogP contribution in [0.15, 0.2) is 18.2 Å². The van der Waals surface area contributed by atoms with E-state index in [1.54, 1.807) is 0 Å². The third-order valence-corrected chi connectivity index (χ3v) is 3.91. The molecule has 6 nitrogen and oxygen atoms in total. The normalized spacial score (nSPS) is 11.1. The van der Waals surface area contributed by atoms with Gasteiger partial charge in [0.25, 0.3) is 0 Å². The number of nitrogens with zero attached hydrogens (tertiary/aromatic N) is 4. The summed E-state index contributed by atoms with van der Waals surface area (Å²) in [7, 11) is 0. The fourth-order valence-electron chi connectivity index (χ4n) is 2.19. The molecule has 0 aliphatic heterocycles. The zero-order chi connectivity index (χ0) is 14.1. The van der Waals surface area contributed by atoms with Crippen molar-refractivity contribution >= 4 is 32.6 Å². The second kappa shape index (κ2) is 5.09. The van der Waals surface area contributed by atoms with Gasteiger partial charge in [0.05, 0.1) is 10.2 Å². The summed E-state index contributed by atoms with van der Waals surface area (Å²) in [5.41, 5.74) is 7.69. The van der Waals surface area contributed by atoms with Crippen molar-refractivity contribution in [1.82, 2.24) is 19.7 Å². The predicted octanol–water partition coefficient (Wildman–Crippen LogP) is 2.59. The van der Waals surface area contributed by atoms with E-state index in [1.807, 2.05) is 19.1 Å². The molecule has 0 aliphatic carbocycles. The molecule has 0 fully saturated rings. The van der Waals surface area contributed by atoms with Crippen LogP contribution in [-0.4, -0.2) is 26.3 Å². The highest BCUT2D eigenvalue weighted by Gasteiger charge is 2.13. The summed E-state index contributed by atoms with van der Waals surface area (Å²) in [6, 6.07) is 6.04. The van der Waals surface area contributed by atoms with E-state index >= 15 is 0 Å². The highest BCUT2D eigenvalue weighted by atomic mass is 32.1. The van der Waals surface area contributed by atoms with Gasteiger partial charge in [0.15, 0.2) is 11.0 Å². The van der Waals surface area contributed by atoms with Crippen LogP contribution in [0, 0.1) is 0 Å². The van der Waals surface area contributed by atoms with Crippen molar-refractivity contribution in [3.05, 3.63) is 18.2 Å². The Labute approximate surface area is 120 Å². The van der Waals surface area contributed by atoms with E-state index in [4.69, 9.17) is 5.73 Å². The molecular weight excluding hydrogens is 272 g/mol. The van der Waals surface area contributed by atoms with E-state index in [9.17, 15) is 0 Å². The topological polar surface area (TPSA) is 81.7 Å². The molecule has 3 N–H and O–H groups in total. The second-order valence-corrected chi connectivity index (χ2v) is 5.42. The Hall–Kier alpha value is -2.15. The van der Waals surface area contributed by atoms with Crippen molar-refractivity contribution in [3.63, 3.8) is 0 Å². The largest absolute Gasteiger partial charge is 0.375 e. The quantitative estimate of drug-likeness (QED) is 0.771. The maximum Gasteiger partial charge on any atom is 0.224 e. The fraction of sp³-hybridized carbons (Fsp3) is 0.308. The van der Waals surface area contributed by atoms with Crippen LogP contribution in [-0.2, 0) is 6.54 Å². The summed E-state index contributed by atoms with van der Waals surface area (Å²) in [6.07, 6.45) is 0. The lowest BCUT2D eigenvalue weighted by Crippen LogP contribution is -2.06. The van der Waals surface area contributed by atoms with Crippen LogP contribution in [0.2, 0.25) is 0 Å². The summed E-state index contributed by atoms with van der Waals surface area (Å²) in [5.74, 6) is 1.66. The Kier molecular flexibility index (Phi) is 3.27. The van der Waals surface area contributed by atoms with Gasteiger partial charge in [-0.15, -0.1) is 10.2 Å². The zero-order valence-corrected chi connectivity index (χ0v) is 12.2. The van der Waals surface area contributed by atoms with Crippen LogP contribution in [0.1, 0.15) is 13.8 Å². The van der Waals surface area contributed by atoms with Gasteiger partial charge in [-0.3, -0.25) is 4.57 Å². The summed E-state index contributed by atoms with van der Waals surface area (Å²) >= 11 is 1.49. The van der Waals surface area contributed by atoms with Gasteiger partial charge in [-0.1, -0.05) is 11.3 Å². The predicted molar refractivity (Wildman–Crippen MR) is 82.9 cm³/mol. The molecule has 7 heteroatoms. The van der Waals surface area contributed by atoms with E-state index in [1.165, 1.54) is 11.3 Å². The van der Waals surface area contributed by atoms with Gasteiger partial charge in [-0.25, -0.2) is 4.98 Å². The first-order chi connectivity index (χ1) is 9.72. The molecular formula is C13H16N6S. The SMILES string of the molecule is CCNc1nnc(-c2ccc3nc(N)sc3c2)n1CC. The third-order valence-electron chi connectivity index (χ3n) is 3.07. The summed E-state index contributed by atoms with van der Waals surface area (Å²) in [5, 5.41) is 12.3. The van der Waals surface area contributed by atoms with E-state index in [0.717, 1.165) is 40.6 Å². The molecule has 0 bridgehead atoms. The Balaban J connectivity index is 2.09. The van der Waals surface area contributed by atoms with Crippen LogP contribution < -0.4 is 11.1 Å². The van der Waals surface area contributed by atoms with Crippen molar-refractivity contribution in [2.75, 3.05) is 17.6 Å². The highest BCUT2D eigenvalue weighted by molar-refractivity contribution is 7.22. The van der Waals surface area contributed by atoms with Gasteiger partial charge in [0.1, 0.15) is 0 Å². The lowest BCUT2D eigenvalue weighted by atomic mass is 10.2. The Bertz CT molecular complexity index is 744. The number of fused-ring (bicyclic) bond motifs is 1. The number of rotatable bonds is 4. The Morgan fingerprint density at radius 2 is 2.15 bits per heavy atom. The number of benzene rings is 1. The Morgan fingerprint density at radius 3 is 2.90 bits per heavy atom. The summed E-state index contributed by atoms with van der Waals surface area (Å²) in [6.45, 7) is 5.76. The molecule has 20 heavy (non-hydrogen) atoms. The first-order valence-corrected chi connectivity index (χ1v) is 7.38. The smallest absolute Gasteiger partial charge is 0.224 e. The van der Waals surface area contributed by atoms with Crippen molar-refractivity contribution < 1.29 is 0 Å². The summed E-state index contributed by atoms with van der Waals surface area (Å²) in [4.78, 5) is 4.27. The van der Waals surface area contributed by atoms with Crippen LogP contribution in [0.3, 0.4) is 0 Å². The van der Waals surface area contributed by atoms with Crippen LogP contribution >= 0.6 is 11.3 Å². The van der Waals surface area contributed by atoms with Crippen molar-refractivity contribution in [1.29, 1.82) is 0 Å². The number of anilines is 2. The fourth-order valence-corrected chi connectivity index (χ4v) is 2.96. The second-order valence-electron chi connectivity index (χ2n) is 4.36. The zero-order valence-electron chi connectivity index (χ0n) is 11.4.